The Kier molecular flexibility index (Phi) is 7.90. The van der Waals surface area contributed by atoms with Crippen LogP contribution >= 0.6 is 35.4 Å². The number of carbonyl (C=O) groups excluding carboxylic acids is 2. The molecular weight excluding hydrogens is 503 g/mol. The zero-order valence-electron chi connectivity index (χ0n) is 19.1. The summed E-state index contributed by atoms with van der Waals surface area (Å²) in [6, 6.07) is 19.7. The van der Waals surface area contributed by atoms with E-state index >= 15 is 0 Å². The third-order valence-corrected chi connectivity index (χ3v) is 6.58. The van der Waals surface area contributed by atoms with Gasteiger partial charge in [-0.25, -0.2) is 0 Å². The Balaban J connectivity index is 1.33. The first kappa shape index (κ1) is 25.0. The Morgan fingerprint density at radius 2 is 1.60 bits per heavy atom. The number of rotatable bonds is 4. The Bertz CT molecular complexity index is 1260. The lowest BCUT2D eigenvalue weighted by atomic mass is 10.1. The summed E-state index contributed by atoms with van der Waals surface area (Å²) in [7, 11) is 0. The summed E-state index contributed by atoms with van der Waals surface area (Å²) in [4.78, 5) is 29.3. The third-order valence-electron chi connectivity index (χ3n) is 5.82. The largest absolute Gasteiger partial charge is 0.367 e. The van der Waals surface area contributed by atoms with Crippen molar-refractivity contribution in [3.8, 4) is 0 Å². The van der Waals surface area contributed by atoms with Gasteiger partial charge in [-0.2, -0.15) is 0 Å². The number of thiocarbonyl (C=S) groups is 1. The van der Waals surface area contributed by atoms with Crippen LogP contribution < -0.4 is 15.5 Å². The van der Waals surface area contributed by atoms with Gasteiger partial charge in [0.2, 0.25) is 0 Å². The first-order valence-corrected chi connectivity index (χ1v) is 12.3. The quantitative estimate of drug-likeness (QED) is 0.446. The first-order valence-electron chi connectivity index (χ1n) is 11.1. The Labute approximate surface area is 219 Å². The molecule has 0 saturated carbocycles. The van der Waals surface area contributed by atoms with E-state index in [0.717, 1.165) is 16.8 Å². The molecule has 0 radical (unpaired) electrons. The number of halogens is 2. The molecule has 0 atom stereocenters. The molecule has 0 unspecified atom stereocenters. The molecular formula is C26H24Cl2N4O2S. The van der Waals surface area contributed by atoms with Crippen LogP contribution in [-0.4, -0.2) is 48.0 Å². The molecule has 9 heteroatoms. The average molecular weight is 527 g/mol. The van der Waals surface area contributed by atoms with Crippen LogP contribution in [0.1, 0.15) is 26.3 Å². The van der Waals surface area contributed by atoms with Gasteiger partial charge in [0.25, 0.3) is 11.8 Å². The number of amides is 2. The fourth-order valence-corrected chi connectivity index (χ4v) is 4.55. The summed E-state index contributed by atoms with van der Waals surface area (Å²) >= 11 is 17.7. The van der Waals surface area contributed by atoms with Crippen molar-refractivity contribution in [2.75, 3.05) is 36.4 Å². The molecule has 1 aliphatic heterocycles. The second-order valence-electron chi connectivity index (χ2n) is 8.18. The van der Waals surface area contributed by atoms with Gasteiger partial charge in [-0.1, -0.05) is 41.4 Å². The number of benzene rings is 3. The maximum Gasteiger partial charge on any atom is 0.257 e. The van der Waals surface area contributed by atoms with E-state index < -0.39 is 0 Å². The van der Waals surface area contributed by atoms with E-state index in [1.807, 2.05) is 48.2 Å². The van der Waals surface area contributed by atoms with Crippen LogP contribution in [0.2, 0.25) is 10.0 Å². The van der Waals surface area contributed by atoms with Crippen LogP contribution in [-0.2, 0) is 0 Å². The van der Waals surface area contributed by atoms with E-state index in [9.17, 15) is 9.59 Å². The minimum absolute atomic E-state index is 0.0579. The van der Waals surface area contributed by atoms with Crippen LogP contribution in [0.4, 0.5) is 11.4 Å². The van der Waals surface area contributed by atoms with Gasteiger partial charge in [-0.15, -0.1) is 0 Å². The van der Waals surface area contributed by atoms with Crippen LogP contribution in [0.3, 0.4) is 0 Å². The summed E-state index contributed by atoms with van der Waals surface area (Å²) in [5, 5.41) is 6.90. The number of aryl methyl sites for hydroxylation is 1. The number of anilines is 2. The molecule has 0 bridgehead atoms. The molecule has 4 rings (SSSR count). The van der Waals surface area contributed by atoms with E-state index in [1.54, 1.807) is 30.3 Å². The second-order valence-corrected chi connectivity index (χ2v) is 9.43. The molecule has 180 valence electrons. The van der Waals surface area contributed by atoms with Crippen molar-refractivity contribution in [3.63, 3.8) is 0 Å². The van der Waals surface area contributed by atoms with Crippen molar-refractivity contribution in [1.29, 1.82) is 0 Å². The molecule has 1 fully saturated rings. The van der Waals surface area contributed by atoms with E-state index in [4.69, 9.17) is 35.4 Å². The minimum atomic E-state index is -0.333. The zero-order chi connectivity index (χ0) is 24.9. The molecule has 35 heavy (non-hydrogen) atoms. The topological polar surface area (TPSA) is 64.7 Å². The molecule has 1 heterocycles. The van der Waals surface area contributed by atoms with Crippen molar-refractivity contribution in [3.05, 3.63) is 93.5 Å². The number of carbonyl (C=O) groups is 2. The highest BCUT2D eigenvalue weighted by Crippen LogP contribution is 2.30. The average Bonchev–Trinajstić information content (AvgIpc) is 2.84. The van der Waals surface area contributed by atoms with Gasteiger partial charge >= 0.3 is 0 Å². The molecule has 2 amide bonds. The van der Waals surface area contributed by atoms with Crippen molar-refractivity contribution in [1.82, 2.24) is 10.2 Å². The Morgan fingerprint density at radius 1 is 0.914 bits per heavy atom. The van der Waals surface area contributed by atoms with E-state index in [-0.39, 0.29) is 16.9 Å². The highest BCUT2D eigenvalue weighted by Gasteiger charge is 2.24. The van der Waals surface area contributed by atoms with Crippen LogP contribution in [0.5, 0.6) is 0 Å². The van der Waals surface area contributed by atoms with Crippen LogP contribution in [0, 0.1) is 6.92 Å². The number of hydrogen-bond donors (Lipinski definition) is 2. The highest BCUT2D eigenvalue weighted by molar-refractivity contribution is 7.80. The van der Waals surface area contributed by atoms with E-state index in [1.165, 1.54) is 0 Å². The molecule has 3 aromatic rings. The molecule has 0 spiro atoms. The van der Waals surface area contributed by atoms with Gasteiger partial charge in [-0.3, -0.25) is 14.9 Å². The lowest BCUT2D eigenvalue weighted by Crippen LogP contribution is -2.49. The van der Waals surface area contributed by atoms with Crippen molar-refractivity contribution < 1.29 is 9.59 Å². The van der Waals surface area contributed by atoms with E-state index in [2.05, 4.69) is 15.5 Å². The van der Waals surface area contributed by atoms with Gasteiger partial charge in [0.1, 0.15) is 0 Å². The van der Waals surface area contributed by atoms with Gasteiger partial charge in [-0.05, 0) is 73.2 Å². The molecule has 0 aliphatic carbocycles. The first-order chi connectivity index (χ1) is 16.8. The number of nitrogens with zero attached hydrogens (tertiary/aromatic N) is 2. The van der Waals surface area contributed by atoms with E-state index in [0.29, 0.717) is 47.5 Å². The van der Waals surface area contributed by atoms with Gasteiger partial charge in [0.15, 0.2) is 5.11 Å². The Morgan fingerprint density at radius 3 is 2.26 bits per heavy atom. The summed E-state index contributed by atoms with van der Waals surface area (Å²) in [5.74, 6) is -0.275. The van der Waals surface area contributed by atoms with Gasteiger partial charge in [0, 0.05) is 48.0 Å². The Hall–Kier alpha value is -3.13. The molecule has 1 aliphatic rings. The van der Waals surface area contributed by atoms with Crippen molar-refractivity contribution in [2.24, 2.45) is 0 Å². The molecule has 6 nitrogen and oxygen atoms in total. The summed E-state index contributed by atoms with van der Waals surface area (Å²) in [6.45, 7) is 4.54. The third kappa shape index (κ3) is 6.11. The number of piperazine rings is 1. The predicted octanol–water partition coefficient (Wildman–Crippen LogP) is 5.39. The summed E-state index contributed by atoms with van der Waals surface area (Å²) in [6.07, 6.45) is 0. The monoisotopic (exact) mass is 526 g/mol. The fourth-order valence-electron chi connectivity index (χ4n) is 3.91. The second kappa shape index (κ2) is 11.1. The summed E-state index contributed by atoms with van der Waals surface area (Å²) < 4.78 is 0. The van der Waals surface area contributed by atoms with Gasteiger partial charge in [0.05, 0.1) is 10.7 Å². The molecule has 1 saturated heterocycles. The highest BCUT2D eigenvalue weighted by atomic mass is 35.5. The van der Waals surface area contributed by atoms with Crippen LogP contribution in [0.25, 0.3) is 0 Å². The van der Waals surface area contributed by atoms with Crippen molar-refractivity contribution >= 4 is 63.7 Å². The maximum absolute atomic E-state index is 12.9. The normalized spacial score (nSPS) is 13.3. The predicted molar refractivity (Wildman–Crippen MR) is 146 cm³/mol. The molecule has 3 aromatic carbocycles. The van der Waals surface area contributed by atoms with Crippen molar-refractivity contribution in [2.45, 2.75) is 6.92 Å². The molecule has 0 aromatic heterocycles. The SMILES string of the molecule is Cc1ccccc1C(=O)N1CCN(c2ccc(NC(=S)NC(=O)c3ccc(Cl)cc3)cc2Cl)CC1. The standard InChI is InChI=1S/C26H24Cl2N4O2S/c1-17-4-2-3-5-21(17)25(34)32-14-12-31(13-15-32)23-11-10-20(16-22(23)28)29-26(35)30-24(33)18-6-8-19(27)9-7-18/h2-11,16H,12-15H2,1H3,(H2,29,30,33,35). The number of hydrogen-bond acceptors (Lipinski definition) is 4. The number of nitrogens with one attached hydrogen (secondary N) is 2. The van der Waals surface area contributed by atoms with Gasteiger partial charge < -0.3 is 15.1 Å². The smallest absolute Gasteiger partial charge is 0.257 e. The maximum atomic E-state index is 12.9. The molecule has 2 N–H and O–H groups in total. The minimum Gasteiger partial charge on any atom is -0.367 e. The summed E-state index contributed by atoms with van der Waals surface area (Å²) in [5.41, 5.74) is 3.72. The fraction of sp³-hybridized carbons (Fsp3) is 0.192. The lowest BCUT2D eigenvalue weighted by molar-refractivity contribution is 0.0746. The van der Waals surface area contributed by atoms with Crippen LogP contribution in [0.15, 0.2) is 66.7 Å². The zero-order valence-corrected chi connectivity index (χ0v) is 21.4. The lowest BCUT2D eigenvalue weighted by Gasteiger charge is -2.36.